The van der Waals surface area contributed by atoms with Crippen molar-refractivity contribution < 1.29 is 9.90 Å². The number of thioether (sulfide) groups is 1. The summed E-state index contributed by atoms with van der Waals surface area (Å²) in [6.07, 6.45) is 0.815. The Morgan fingerprint density at radius 1 is 1.35 bits per heavy atom. The van der Waals surface area contributed by atoms with E-state index in [0.717, 1.165) is 5.75 Å². The van der Waals surface area contributed by atoms with Gasteiger partial charge in [-0.3, -0.25) is 4.79 Å². The summed E-state index contributed by atoms with van der Waals surface area (Å²) < 4.78 is 0. The summed E-state index contributed by atoms with van der Waals surface area (Å²) in [6.45, 7) is 6.57. The van der Waals surface area contributed by atoms with Gasteiger partial charge in [0.15, 0.2) is 0 Å². The normalized spacial score (nSPS) is 12.2. The van der Waals surface area contributed by atoms with Gasteiger partial charge in [-0.2, -0.15) is 0 Å². The van der Waals surface area contributed by atoms with Gasteiger partial charge >= 0.3 is 0 Å². The predicted molar refractivity (Wildman–Crippen MR) is 85.2 cm³/mol. The van der Waals surface area contributed by atoms with E-state index in [1.54, 1.807) is 30.6 Å². The Morgan fingerprint density at radius 2 is 2.05 bits per heavy atom. The van der Waals surface area contributed by atoms with Crippen LogP contribution in [0.1, 0.15) is 30.9 Å². The van der Waals surface area contributed by atoms with Crippen LogP contribution in [0.2, 0.25) is 0 Å². The number of aliphatic hydroxyl groups excluding tert-OH is 1. The Hall–Kier alpha value is -1.00. The third-order valence-electron chi connectivity index (χ3n) is 3.37. The highest BCUT2D eigenvalue weighted by Gasteiger charge is 2.09. The number of aliphatic hydroxyl groups is 1. The summed E-state index contributed by atoms with van der Waals surface area (Å²) in [5.41, 5.74) is 2.58. The first-order valence-corrected chi connectivity index (χ1v) is 8.00. The minimum atomic E-state index is -0.352. The number of hydrogen-bond donors (Lipinski definition) is 1. The van der Waals surface area contributed by atoms with E-state index in [1.165, 1.54) is 16.0 Å². The van der Waals surface area contributed by atoms with E-state index >= 15 is 0 Å². The number of nitrogens with zero attached hydrogens (tertiary/aromatic N) is 1. The van der Waals surface area contributed by atoms with Crippen LogP contribution in [-0.4, -0.2) is 41.4 Å². The second-order valence-corrected chi connectivity index (χ2v) is 6.47. The average Bonchev–Trinajstić information content (AvgIpc) is 2.39. The molecule has 0 fully saturated rings. The number of aryl methyl sites for hydroxylation is 2. The van der Waals surface area contributed by atoms with Gasteiger partial charge in [-0.05, 0) is 50.5 Å². The molecular weight excluding hydrogens is 270 g/mol. The van der Waals surface area contributed by atoms with Crippen molar-refractivity contribution in [2.75, 3.05) is 19.3 Å². The molecule has 0 saturated heterocycles. The Kier molecular flexibility index (Phi) is 7.10. The molecule has 1 rings (SSSR count). The van der Waals surface area contributed by atoms with E-state index in [0.29, 0.717) is 19.4 Å². The predicted octanol–water partition coefficient (Wildman–Crippen LogP) is 3.01. The van der Waals surface area contributed by atoms with Crippen LogP contribution >= 0.6 is 11.8 Å². The maximum atomic E-state index is 11.9. The van der Waals surface area contributed by atoms with Crippen LogP contribution in [-0.2, 0) is 4.79 Å². The number of carbonyl (C=O) groups is 1. The Bertz CT molecular complexity index is 446. The summed E-state index contributed by atoms with van der Waals surface area (Å²) in [5.74, 6) is 0.933. The summed E-state index contributed by atoms with van der Waals surface area (Å²) in [4.78, 5) is 14.8. The molecule has 4 heteroatoms. The zero-order valence-electron chi connectivity index (χ0n) is 12.8. The van der Waals surface area contributed by atoms with E-state index in [-0.39, 0.29) is 12.0 Å². The minimum absolute atomic E-state index is 0.141. The fraction of sp³-hybridized carbons (Fsp3) is 0.562. The van der Waals surface area contributed by atoms with Gasteiger partial charge in [0, 0.05) is 30.7 Å². The van der Waals surface area contributed by atoms with Crippen molar-refractivity contribution in [3.8, 4) is 0 Å². The monoisotopic (exact) mass is 295 g/mol. The molecule has 0 aliphatic rings. The molecule has 0 spiro atoms. The van der Waals surface area contributed by atoms with Crippen LogP contribution in [0.4, 0.5) is 0 Å². The van der Waals surface area contributed by atoms with Crippen LogP contribution in [0.3, 0.4) is 0 Å². The van der Waals surface area contributed by atoms with Gasteiger partial charge in [0.2, 0.25) is 5.91 Å². The topological polar surface area (TPSA) is 40.5 Å². The van der Waals surface area contributed by atoms with Gasteiger partial charge in [0.1, 0.15) is 0 Å². The number of amides is 1. The fourth-order valence-corrected chi connectivity index (χ4v) is 2.69. The average molecular weight is 295 g/mol. The van der Waals surface area contributed by atoms with Crippen LogP contribution < -0.4 is 0 Å². The van der Waals surface area contributed by atoms with E-state index in [1.807, 2.05) is 0 Å². The molecule has 0 heterocycles. The lowest BCUT2D eigenvalue weighted by Gasteiger charge is -2.17. The fourth-order valence-electron chi connectivity index (χ4n) is 1.76. The number of rotatable bonds is 7. The Balaban J connectivity index is 2.32. The summed E-state index contributed by atoms with van der Waals surface area (Å²) in [7, 11) is 1.80. The number of hydrogen-bond acceptors (Lipinski definition) is 3. The van der Waals surface area contributed by atoms with Crippen LogP contribution in [0.5, 0.6) is 0 Å². The number of carbonyl (C=O) groups excluding carboxylic acids is 1. The lowest BCUT2D eigenvalue weighted by atomic mass is 10.1. The molecule has 1 aromatic carbocycles. The first kappa shape index (κ1) is 17.1. The molecule has 0 saturated carbocycles. The molecule has 0 aliphatic carbocycles. The van der Waals surface area contributed by atoms with Crippen molar-refractivity contribution in [3.63, 3.8) is 0 Å². The van der Waals surface area contributed by atoms with E-state index in [4.69, 9.17) is 0 Å². The summed E-state index contributed by atoms with van der Waals surface area (Å²) >= 11 is 1.72. The van der Waals surface area contributed by atoms with Gasteiger partial charge in [0.05, 0.1) is 6.10 Å². The van der Waals surface area contributed by atoms with Crippen molar-refractivity contribution in [2.45, 2.75) is 44.6 Å². The molecule has 1 N–H and O–H groups in total. The maximum absolute atomic E-state index is 11.9. The molecule has 112 valence electrons. The Morgan fingerprint density at radius 3 is 2.65 bits per heavy atom. The SMILES string of the molecule is Cc1ccc(SCCC(=O)N(C)CCC(C)O)cc1C. The third-order valence-corrected chi connectivity index (χ3v) is 4.37. The molecular formula is C16H25NO2S. The molecule has 3 nitrogen and oxygen atoms in total. The molecule has 0 radical (unpaired) electrons. The molecule has 0 aromatic heterocycles. The van der Waals surface area contributed by atoms with E-state index in [2.05, 4.69) is 32.0 Å². The van der Waals surface area contributed by atoms with E-state index < -0.39 is 0 Å². The van der Waals surface area contributed by atoms with Crippen molar-refractivity contribution in [3.05, 3.63) is 29.3 Å². The van der Waals surface area contributed by atoms with Crippen LogP contribution in [0.25, 0.3) is 0 Å². The molecule has 1 atom stereocenters. The summed E-state index contributed by atoms with van der Waals surface area (Å²) in [5, 5.41) is 9.21. The van der Waals surface area contributed by atoms with Gasteiger partial charge in [-0.25, -0.2) is 0 Å². The van der Waals surface area contributed by atoms with Crippen LogP contribution in [0, 0.1) is 13.8 Å². The van der Waals surface area contributed by atoms with Crippen molar-refractivity contribution in [1.82, 2.24) is 4.90 Å². The van der Waals surface area contributed by atoms with Gasteiger partial charge in [-0.15, -0.1) is 11.8 Å². The maximum Gasteiger partial charge on any atom is 0.223 e. The third kappa shape index (κ3) is 5.97. The number of benzene rings is 1. The first-order chi connectivity index (χ1) is 9.40. The highest BCUT2D eigenvalue weighted by molar-refractivity contribution is 7.99. The molecule has 0 bridgehead atoms. The van der Waals surface area contributed by atoms with Crippen molar-refractivity contribution in [2.24, 2.45) is 0 Å². The molecule has 20 heavy (non-hydrogen) atoms. The highest BCUT2D eigenvalue weighted by Crippen LogP contribution is 2.21. The zero-order valence-corrected chi connectivity index (χ0v) is 13.7. The lowest BCUT2D eigenvalue weighted by Crippen LogP contribution is -2.29. The second kappa shape index (κ2) is 8.32. The quantitative estimate of drug-likeness (QED) is 0.786. The second-order valence-electron chi connectivity index (χ2n) is 5.30. The lowest BCUT2D eigenvalue weighted by molar-refractivity contribution is -0.129. The molecule has 1 amide bonds. The standard InChI is InChI=1S/C16H25NO2S/c1-12-5-6-15(11-13(12)2)20-10-8-16(19)17(4)9-7-14(3)18/h5-6,11,14,18H,7-10H2,1-4H3. The van der Waals surface area contributed by atoms with Gasteiger partial charge in [-0.1, -0.05) is 6.07 Å². The molecule has 0 aliphatic heterocycles. The highest BCUT2D eigenvalue weighted by atomic mass is 32.2. The van der Waals surface area contributed by atoms with Crippen molar-refractivity contribution >= 4 is 17.7 Å². The van der Waals surface area contributed by atoms with Gasteiger partial charge < -0.3 is 10.0 Å². The van der Waals surface area contributed by atoms with E-state index in [9.17, 15) is 9.90 Å². The largest absolute Gasteiger partial charge is 0.393 e. The minimum Gasteiger partial charge on any atom is -0.393 e. The van der Waals surface area contributed by atoms with Crippen molar-refractivity contribution in [1.29, 1.82) is 0 Å². The molecule has 1 unspecified atom stereocenters. The zero-order chi connectivity index (χ0) is 15.1. The Labute approximate surface area is 126 Å². The van der Waals surface area contributed by atoms with Gasteiger partial charge in [0.25, 0.3) is 0 Å². The van der Waals surface area contributed by atoms with Crippen LogP contribution in [0.15, 0.2) is 23.1 Å². The first-order valence-electron chi connectivity index (χ1n) is 7.02. The smallest absolute Gasteiger partial charge is 0.223 e. The summed E-state index contributed by atoms with van der Waals surface area (Å²) in [6, 6.07) is 6.39. The molecule has 1 aromatic rings.